The lowest BCUT2D eigenvalue weighted by atomic mass is 9.92. The Hall–Kier alpha value is -2.15. The van der Waals surface area contributed by atoms with Crippen LogP contribution >= 0.6 is 0 Å². The molecule has 2 aromatic rings. The van der Waals surface area contributed by atoms with Crippen molar-refractivity contribution in [3.63, 3.8) is 0 Å². The lowest BCUT2D eigenvalue weighted by molar-refractivity contribution is -0.134. The summed E-state index contributed by atoms with van der Waals surface area (Å²) in [6.45, 7) is 6.76. The summed E-state index contributed by atoms with van der Waals surface area (Å²) in [4.78, 5) is 31.8. The summed E-state index contributed by atoms with van der Waals surface area (Å²) < 4.78 is 8.20. The van der Waals surface area contributed by atoms with Crippen molar-refractivity contribution in [1.82, 2.24) is 19.0 Å². The molecule has 0 spiro atoms. The van der Waals surface area contributed by atoms with E-state index in [1.54, 1.807) is 23.9 Å². The molecule has 0 aliphatic carbocycles. The van der Waals surface area contributed by atoms with Crippen molar-refractivity contribution in [3.8, 4) is 0 Å². The van der Waals surface area contributed by atoms with E-state index in [1.807, 2.05) is 11.0 Å². The molecule has 7 nitrogen and oxygen atoms in total. The molecule has 2 atom stereocenters. The Kier molecular flexibility index (Phi) is 5.22. The predicted octanol–water partition coefficient (Wildman–Crippen LogP) is 1.35. The van der Waals surface area contributed by atoms with Crippen LogP contribution in [0.2, 0.25) is 0 Å². The summed E-state index contributed by atoms with van der Waals surface area (Å²) in [6, 6.07) is 3.62. The number of hydrogen-bond donors (Lipinski definition) is 0. The smallest absolute Gasteiger partial charge is 0.330 e. The number of piperidine rings is 1. The topological polar surface area (TPSA) is 69.4 Å². The highest BCUT2D eigenvalue weighted by molar-refractivity contribution is 5.79. The Bertz CT molecular complexity index is 800. The molecule has 136 valence electrons. The van der Waals surface area contributed by atoms with E-state index in [2.05, 4.69) is 18.8 Å². The van der Waals surface area contributed by atoms with E-state index in [4.69, 9.17) is 4.74 Å². The van der Waals surface area contributed by atoms with Crippen LogP contribution in [0.15, 0.2) is 23.1 Å². The predicted molar refractivity (Wildman–Crippen MR) is 95.4 cm³/mol. The van der Waals surface area contributed by atoms with Gasteiger partial charge in [0.25, 0.3) is 0 Å². The van der Waals surface area contributed by atoms with Crippen LogP contribution in [0.5, 0.6) is 0 Å². The van der Waals surface area contributed by atoms with Crippen molar-refractivity contribution in [2.75, 3.05) is 26.8 Å². The number of hydrogen-bond acceptors (Lipinski definition) is 4. The van der Waals surface area contributed by atoms with E-state index >= 15 is 0 Å². The Balaban J connectivity index is 1.89. The van der Waals surface area contributed by atoms with Gasteiger partial charge in [-0.05, 0) is 30.4 Å². The number of imidazole rings is 1. The summed E-state index contributed by atoms with van der Waals surface area (Å²) >= 11 is 0. The normalized spacial score (nSPS) is 21.0. The first-order chi connectivity index (χ1) is 12.0. The molecule has 7 heteroatoms. The molecule has 0 saturated carbocycles. The fourth-order valence-corrected chi connectivity index (χ4v) is 3.79. The van der Waals surface area contributed by atoms with Crippen LogP contribution in [-0.2, 0) is 22.6 Å². The van der Waals surface area contributed by atoms with Crippen LogP contribution in [0, 0.1) is 11.8 Å². The number of amides is 1. The Morgan fingerprint density at radius 1 is 1.28 bits per heavy atom. The molecule has 1 saturated heterocycles. The third-order valence-electron chi connectivity index (χ3n) is 4.81. The van der Waals surface area contributed by atoms with E-state index in [0.717, 1.165) is 19.5 Å². The van der Waals surface area contributed by atoms with Crippen molar-refractivity contribution in [2.45, 2.75) is 33.4 Å². The zero-order chi connectivity index (χ0) is 18.0. The molecule has 2 aromatic heterocycles. The van der Waals surface area contributed by atoms with E-state index < -0.39 is 0 Å². The number of ether oxygens (including phenoxy) is 1. The number of nitrogens with zero attached hydrogens (tertiary/aromatic N) is 4. The third-order valence-corrected chi connectivity index (χ3v) is 4.81. The number of likely N-dealkylation sites (tertiary alicyclic amines) is 1. The average Bonchev–Trinajstić information content (AvgIpc) is 2.84. The van der Waals surface area contributed by atoms with Gasteiger partial charge in [0.05, 0.1) is 18.7 Å². The molecule has 25 heavy (non-hydrogen) atoms. The third kappa shape index (κ3) is 3.61. The van der Waals surface area contributed by atoms with Crippen LogP contribution < -0.4 is 5.69 Å². The van der Waals surface area contributed by atoms with Crippen molar-refractivity contribution in [1.29, 1.82) is 0 Å². The fourth-order valence-electron chi connectivity index (χ4n) is 3.79. The average molecular weight is 346 g/mol. The van der Waals surface area contributed by atoms with Crippen molar-refractivity contribution < 1.29 is 9.53 Å². The molecule has 3 rings (SSSR count). The van der Waals surface area contributed by atoms with Gasteiger partial charge in [-0.1, -0.05) is 13.8 Å². The fraction of sp³-hybridized carbons (Fsp3) is 0.611. The van der Waals surface area contributed by atoms with Crippen LogP contribution in [-0.4, -0.2) is 51.7 Å². The molecular weight excluding hydrogens is 320 g/mol. The van der Waals surface area contributed by atoms with Crippen molar-refractivity contribution >= 4 is 17.1 Å². The molecule has 0 bridgehead atoms. The van der Waals surface area contributed by atoms with Crippen LogP contribution in [0.1, 0.15) is 20.3 Å². The van der Waals surface area contributed by atoms with E-state index in [1.165, 1.54) is 4.57 Å². The SMILES string of the molecule is COCCn1c(=O)n(CC(=O)N2C[C@H](C)C[C@H](C)C2)c2cccnc21. The zero-order valence-electron chi connectivity index (χ0n) is 15.1. The highest BCUT2D eigenvalue weighted by Crippen LogP contribution is 2.21. The molecule has 1 aliphatic rings. The van der Waals surface area contributed by atoms with Crippen molar-refractivity contribution in [3.05, 3.63) is 28.8 Å². The van der Waals surface area contributed by atoms with Gasteiger partial charge in [0, 0.05) is 26.4 Å². The summed E-state index contributed by atoms with van der Waals surface area (Å²) in [7, 11) is 1.60. The Morgan fingerprint density at radius 3 is 2.68 bits per heavy atom. The first-order valence-corrected chi connectivity index (χ1v) is 8.82. The summed E-state index contributed by atoms with van der Waals surface area (Å²) in [6.07, 6.45) is 2.80. The van der Waals surface area contributed by atoms with Gasteiger partial charge in [0.1, 0.15) is 6.54 Å². The second kappa shape index (κ2) is 7.39. The molecule has 0 unspecified atom stereocenters. The lowest BCUT2D eigenvalue weighted by Gasteiger charge is -2.35. The van der Waals surface area contributed by atoms with Crippen LogP contribution in [0.3, 0.4) is 0 Å². The zero-order valence-corrected chi connectivity index (χ0v) is 15.1. The minimum absolute atomic E-state index is 0.00450. The monoisotopic (exact) mass is 346 g/mol. The van der Waals surface area contributed by atoms with E-state index in [-0.39, 0.29) is 18.1 Å². The molecule has 1 aliphatic heterocycles. The van der Waals surface area contributed by atoms with Crippen LogP contribution in [0.25, 0.3) is 11.2 Å². The number of carbonyl (C=O) groups excluding carboxylic acids is 1. The van der Waals surface area contributed by atoms with Gasteiger partial charge in [0.2, 0.25) is 5.91 Å². The largest absolute Gasteiger partial charge is 0.383 e. The van der Waals surface area contributed by atoms with Gasteiger partial charge in [-0.15, -0.1) is 0 Å². The number of pyridine rings is 1. The van der Waals surface area contributed by atoms with E-state index in [9.17, 15) is 9.59 Å². The molecular formula is C18H26N4O3. The molecule has 3 heterocycles. The minimum atomic E-state index is -0.211. The van der Waals surface area contributed by atoms with Crippen LogP contribution in [0.4, 0.5) is 0 Å². The second-order valence-electron chi connectivity index (χ2n) is 7.10. The van der Waals surface area contributed by atoms with Gasteiger partial charge >= 0.3 is 5.69 Å². The quantitative estimate of drug-likeness (QED) is 0.819. The molecule has 1 amide bonds. The molecule has 1 fully saturated rings. The molecule has 0 N–H and O–H groups in total. The standard InChI is InChI=1S/C18H26N4O3/c1-13-9-14(2)11-20(10-13)16(23)12-22-15-5-4-6-19-17(15)21(18(22)24)7-8-25-3/h4-6,13-14H,7-12H2,1-3H3/t13-,14+. The minimum Gasteiger partial charge on any atom is -0.383 e. The van der Waals surface area contributed by atoms with Gasteiger partial charge in [0.15, 0.2) is 5.65 Å². The van der Waals surface area contributed by atoms with E-state index in [0.29, 0.717) is 36.2 Å². The molecule has 0 aromatic carbocycles. The van der Waals surface area contributed by atoms with Gasteiger partial charge in [-0.25, -0.2) is 9.78 Å². The Morgan fingerprint density at radius 2 is 2.00 bits per heavy atom. The maximum Gasteiger partial charge on any atom is 0.330 e. The highest BCUT2D eigenvalue weighted by Gasteiger charge is 2.26. The van der Waals surface area contributed by atoms with Gasteiger partial charge in [-0.3, -0.25) is 13.9 Å². The number of carbonyl (C=O) groups is 1. The number of rotatable bonds is 5. The second-order valence-corrected chi connectivity index (χ2v) is 7.10. The van der Waals surface area contributed by atoms with Crippen molar-refractivity contribution in [2.24, 2.45) is 11.8 Å². The maximum absolute atomic E-state index is 12.8. The summed E-state index contributed by atoms with van der Waals surface area (Å²) in [5.74, 6) is 0.985. The first kappa shape index (κ1) is 17.7. The first-order valence-electron chi connectivity index (χ1n) is 8.82. The number of aromatic nitrogens is 3. The van der Waals surface area contributed by atoms with Gasteiger partial charge in [-0.2, -0.15) is 0 Å². The maximum atomic E-state index is 12.8. The number of fused-ring (bicyclic) bond motifs is 1. The highest BCUT2D eigenvalue weighted by atomic mass is 16.5. The lowest BCUT2D eigenvalue weighted by Crippen LogP contribution is -2.45. The molecule has 0 radical (unpaired) electrons. The van der Waals surface area contributed by atoms with Gasteiger partial charge < -0.3 is 9.64 Å². The summed E-state index contributed by atoms with van der Waals surface area (Å²) in [5.41, 5.74) is 1.07. The Labute approximate surface area is 147 Å². The number of methoxy groups -OCH3 is 1. The summed E-state index contributed by atoms with van der Waals surface area (Å²) in [5, 5.41) is 0.